The third kappa shape index (κ3) is 9.86. The van der Waals surface area contributed by atoms with Crippen LogP contribution >= 0.6 is 24.0 Å². The average molecular weight is 457 g/mol. The van der Waals surface area contributed by atoms with Crippen molar-refractivity contribution < 1.29 is 18.3 Å². The molecule has 2 N–H and O–H groups in total. The number of benzene rings is 1. The zero-order valence-electron chi connectivity index (χ0n) is 14.1. The summed E-state index contributed by atoms with van der Waals surface area (Å²) in [5.74, 6) is -0.829. The number of nitrogens with zero attached hydrogens (tertiary/aromatic N) is 1. The molecule has 0 saturated carbocycles. The minimum Gasteiger partial charge on any atom is -0.492 e. The Bertz CT molecular complexity index is 490. The fourth-order valence-corrected chi connectivity index (χ4v) is 1.81. The van der Waals surface area contributed by atoms with Crippen molar-refractivity contribution in [1.29, 1.82) is 0 Å². The SMILES string of the molecule is CCOCCCCNC(=NC)NCCOc1ccc(F)c(F)c1.I. The maximum atomic E-state index is 13.0. The predicted molar refractivity (Wildman–Crippen MR) is 102 cm³/mol. The molecule has 0 saturated heterocycles. The van der Waals surface area contributed by atoms with Crippen LogP contribution in [0.15, 0.2) is 23.2 Å². The summed E-state index contributed by atoms with van der Waals surface area (Å²) in [5, 5.41) is 6.26. The molecule has 0 radical (unpaired) electrons. The summed E-state index contributed by atoms with van der Waals surface area (Å²) in [4.78, 5) is 4.09. The zero-order valence-corrected chi connectivity index (χ0v) is 16.4. The van der Waals surface area contributed by atoms with Crippen LogP contribution in [0.4, 0.5) is 8.78 Å². The van der Waals surface area contributed by atoms with Crippen molar-refractivity contribution in [2.24, 2.45) is 4.99 Å². The minimum absolute atomic E-state index is 0. The Balaban J connectivity index is 0.00000529. The summed E-state index contributed by atoms with van der Waals surface area (Å²) in [6.07, 6.45) is 1.99. The zero-order chi connectivity index (χ0) is 16.9. The van der Waals surface area contributed by atoms with Gasteiger partial charge in [0.15, 0.2) is 17.6 Å². The van der Waals surface area contributed by atoms with Crippen LogP contribution in [0.1, 0.15) is 19.8 Å². The number of ether oxygens (including phenoxy) is 2. The van der Waals surface area contributed by atoms with Gasteiger partial charge in [-0.15, -0.1) is 24.0 Å². The fraction of sp³-hybridized carbons (Fsp3) is 0.562. The first kappa shape index (κ1) is 22.8. The Labute approximate surface area is 159 Å². The molecule has 0 heterocycles. The number of guanidine groups is 1. The van der Waals surface area contributed by atoms with Gasteiger partial charge >= 0.3 is 0 Å². The molecule has 0 unspecified atom stereocenters. The number of halogens is 3. The number of rotatable bonds is 10. The van der Waals surface area contributed by atoms with E-state index in [1.807, 2.05) is 6.92 Å². The van der Waals surface area contributed by atoms with Gasteiger partial charge in [-0.1, -0.05) is 0 Å². The summed E-state index contributed by atoms with van der Waals surface area (Å²) in [7, 11) is 1.69. The lowest BCUT2D eigenvalue weighted by molar-refractivity contribution is 0.143. The Morgan fingerprint density at radius 2 is 1.83 bits per heavy atom. The molecule has 0 amide bonds. The number of hydrogen-bond donors (Lipinski definition) is 2. The largest absolute Gasteiger partial charge is 0.492 e. The molecule has 0 aliphatic heterocycles. The molecule has 138 valence electrons. The average Bonchev–Trinajstić information content (AvgIpc) is 2.55. The van der Waals surface area contributed by atoms with E-state index in [1.165, 1.54) is 6.07 Å². The van der Waals surface area contributed by atoms with Gasteiger partial charge in [0.25, 0.3) is 0 Å². The van der Waals surface area contributed by atoms with E-state index in [2.05, 4.69) is 15.6 Å². The molecule has 0 atom stereocenters. The highest BCUT2D eigenvalue weighted by molar-refractivity contribution is 14.0. The van der Waals surface area contributed by atoms with Crippen molar-refractivity contribution in [3.63, 3.8) is 0 Å². The Kier molecular flexibility index (Phi) is 13.5. The maximum absolute atomic E-state index is 13.0. The molecule has 5 nitrogen and oxygen atoms in total. The van der Waals surface area contributed by atoms with Crippen LogP contribution in [-0.4, -0.2) is 45.9 Å². The topological polar surface area (TPSA) is 54.9 Å². The van der Waals surface area contributed by atoms with Crippen molar-refractivity contribution in [3.05, 3.63) is 29.8 Å². The van der Waals surface area contributed by atoms with Crippen LogP contribution in [0.25, 0.3) is 0 Å². The molecule has 0 spiro atoms. The van der Waals surface area contributed by atoms with Gasteiger partial charge in [-0.3, -0.25) is 4.99 Å². The standard InChI is InChI=1S/C16H25F2N3O2.HI/c1-3-22-10-5-4-8-20-16(19-2)21-9-11-23-13-6-7-14(17)15(18)12-13;/h6-7,12H,3-5,8-11H2,1-2H3,(H2,19,20,21);1H. The fourth-order valence-electron chi connectivity index (χ4n) is 1.81. The van der Waals surface area contributed by atoms with Crippen LogP contribution in [0.5, 0.6) is 5.75 Å². The van der Waals surface area contributed by atoms with E-state index in [9.17, 15) is 8.78 Å². The Morgan fingerprint density at radius 3 is 2.50 bits per heavy atom. The lowest BCUT2D eigenvalue weighted by Gasteiger charge is -2.12. The van der Waals surface area contributed by atoms with E-state index in [0.717, 1.165) is 44.7 Å². The number of aliphatic imine (C=N–C) groups is 1. The third-order valence-electron chi connectivity index (χ3n) is 2.99. The lowest BCUT2D eigenvalue weighted by Crippen LogP contribution is -2.39. The Hall–Kier alpha value is -1.16. The van der Waals surface area contributed by atoms with Crippen LogP contribution < -0.4 is 15.4 Å². The minimum atomic E-state index is -0.917. The second kappa shape index (κ2) is 14.2. The van der Waals surface area contributed by atoms with Crippen LogP contribution in [0.2, 0.25) is 0 Å². The second-order valence-corrected chi connectivity index (χ2v) is 4.75. The van der Waals surface area contributed by atoms with E-state index < -0.39 is 11.6 Å². The van der Waals surface area contributed by atoms with E-state index in [4.69, 9.17) is 9.47 Å². The highest BCUT2D eigenvalue weighted by Gasteiger charge is 2.03. The Morgan fingerprint density at radius 1 is 1.08 bits per heavy atom. The third-order valence-corrected chi connectivity index (χ3v) is 2.99. The normalized spacial score (nSPS) is 10.9. The lowest BCUT2D eigenvalue weighted by atomic mass is 10.3. The summed E-state index contributed by atoms with van der Waals surface area (Å²) in [6.45, 7) is 5.11. The number of hydrogen-bond acceptors (Lipinski definition) is 3. The van der Waals surface area contributed by atoms with Gasteiger partial charge in [0.1, 0.15) is 12.4 Å². The molecule has 0 fully saturated rings. The van der Waals surface area contributed by atoms with Gasteiger partial charge in [-0.05, 0) is 31.9 Å². The number of unbranched alkanes of at least 4 members (excludes halogenated alkanes) is 1. The smallest absolute Gasteiger partial charge is 0.191 e. The molecule has 0 bridgehead atoms. The summed E-state index contributed by atoms with van der Waals surface area (Å²) >= 11 is 0. The van der Waals surface area contributed by atoms with E-state index in [-0.39, 0.29) is 24.0 Å². The van der Waals surface area contributed by atoms with Gasteiger partial charge in [0.05, 0.1) is 6.54 Å². The predicted octanol–water partition coefficient (Wildman–Crippen LogP) is 2.94. The molecular formula is C16H26F2IN3O2. The van der Waals surface area contributed by atoms with Crippen LogP contribution in [0, 0.1) is 11.6 Å². The quantitative estimate of drug-likeness (QED) is 0.246. The maximum Gasteiger partial charge on any atom is 0.191 e. The van der Waals surface area contributed by atoms with Crippen molar-refractivity contribution in [2.75, 3.05) is 40.0 Å². The molecule has 0 aliphatic rings. The summed E-state index contributed by atoms with van der Waals surface area (Å²) in [6, 6.07) is 3.46. The first-order chi connectivity index (χ1) is 11.2. The van der Waals surface area contributed by atoms with Gasteiger partial charge in [-0.2, -0.15) is 0 Å². The molecule has 8 heteroatoms. The van der Waals surface area contributed by atoms with Crippen LogP contribution in [-0.2, 0) is 4.74 Å². The molecule has 1 rings (SSSR count). The monoisotopic (exact) mass is 457 g/mol. The second-order valence-electron chi connectivity index (χ2n) is 4.75. The highest BCUT2D eigenvalue weighted by Crippen LogP contribution is 2.14. The van der Waals surface area contributed by atoms with Gasteiger partial charge in [-0.25, -0.2) is 8.78 Å². The van der Waals surface area contributed by atoms with Gasteiger partial charge < -0.3 is 20.1 Å². The highest BCUT2D eigenvalue weighted by atomic mass is 127. The number of nitrogens with one attached hydrogen (secondary N) is 2. The summed E-state index contributed by atoms with van der Waals surface area (Å²) < 4.78 is 36.4. The van der Waals surface area contributed by atoms with Crippen LogP contribution in [0.3, 0.4) is 0 Å². The molecule has 1 aromatic carbocycles. The van der Waals surface area contributed by atoms with Crippen molar-refractivity contribution >= 4 is 29.9 Å². The van der Waals surface area contributed by atoms with E-state index >= 15 is 0 Å². The van der Waals surface area contributed by atoms with Gasteiger partial charge in [0.2, 0.25) is 0 Å². The van der Waals surface area contributed by atoms with Crippen molar-refractivity contribution in [3.8, 4) is 5.75 Å². The van der Waals surface area contributed by atoms with Crippen molar-refractivity contribution in [2.45, 2.75) is 19.8 Å². The van der Waals surface area contributed by atoms with Gasteiger partial charge in [0, 0.05) is 32.9 Å². The summed E-state index contributed by atoms with van der Waals surface area (Å²) in [5.41, 5.74) is 0. The first-order valence-electron chi connectivity index (χ1n) is 7.77. The molecular weight excluding hydrogens is 431 g/mol. The van der Waals surface area contributed by atoms with Crippen molar-refractivity contribution in [1.82, 2.24) is 10.6 Å². The molecule has 0 aromatic heterocycles. The molecule has 1 aromatic rings. The van der Waals surface area contributed by atoms with E-state index in [1.54, 1.807) is 7.05 Å². The molecule has 0 aliphatic carbocycles. The van der Waals surface area contributed by atoms with E-state index in [0.29, 0.717) is 24.9 Å². The molecule has 24 heavy (non-hydrogen) atoms. The first-order valence-corrected chi connectivity index (χ1v) is 7.77.